The van der Waals surface area contributed by atoms with Gasteiger partial charge in [-0.25, -0.2) is 9.37 Å². The molecule has 3 nitrogen and oxygen atoms in total. The predicted octanol–water partition coefficient (Wildman–Crippen LogP) is 8.31. The van der Waals surface area contributed by atoms with Gasteiger partial charge in [0.15, 0.2) is 0 Å². The van der Waals surface area contributed by atoms with Gasteiger partial charge in [0.05, 0.1) is 22.4 Å². The van der Waals surface area contributed by atoms with E-state index in [0.29, 0.717) is 0 Å². The SMILES string of the molecule is CC1(C)OB(c2ccc(-c3cc4c(-c5ccc(F)cc5)nc5ccccc5c4c4ccccc34)cc2)OC1(C)C. The van der Waals surface area contributed by atoms with Gasteiger partial charge < -0.3 is 9.31 Å². The zero-order chi connectivity index (χ0) is 27.6. The van der Waals surface area contributed by atoms with Crippen LogP contribution in [-0.4, -0.2) is 23.3 Å². The minimum absolute atomic E-state index is 0.262. The van der Waals surface area contributed by atoms with Gasteiger partial charge in [0.2, 0.25) is 0 Å². The molecule has 0 spiro atoms. The predicted molar refractivity (Wildman–Crippen MR) is 163 cm³/mol. The van der Waals surface area contributed by atoms with Crippen LogP contribution < -0.4 is 5.46 Å². The van der Waals surface area contributed by atoms with Crippen molar-refractivity contribution in [3.05, 3.63) is 109 Å². The number of para-hydroxylation sites is 1. The van der Waals surface area contributed by atoms with Crippen LogP contribution in [0.25, 0.3) is 54.8 Å². The zero-order valence-electron chi connectivity index (χ0n) is 23.0. The molecule has 0 unspecified atom stereocenters. The highest BCUT2D eigenvalue weighted by molar-refractivity contribution is 6.62. The Morgan fingerprint density at radius 3 is 1.88 bits per heavy atom. The molecule has 1 fully saturated rings. The van der Waals surface area contributed by atoms with Crippen molar-refractivity contribution >= 4 is 45.0 Å². The van der Waals surface area contributed by atoms with Crippen LogP contribution in [0, 0.1) is 5.82 Å². The highest BCUT2D eigenvalue weighted by Gasteiger charge is 2.51. The lowest BCUT2D eigenvalue weighted by Gasteiger charge is -2.32. The van der Waals surface area contributed by atoms with E-state index in [9.17, 15) is 4.39 Å². The Bertz CT molecular complexity index is 1900. The van der Waals surface area contributed by atoms with E-state index in [4.69, 9.17) is 14.3 Å². The molecule has 0 amide bonds. The third kappa shape index (κ3) is 3.92. The minimum Gasteiger partial charge on any atom is -0.399 e. The fourth-order valence-electron chi connectivity index (χ4n) is 5.68. The van der Waals surface area contributed by atoms with Gasteiger partial charge in [0, 0.05) is 21.7 Å². The molecule has 5 aromatic carbocycles. The lowest BCUT2D eigenvalue weighted by atomic mass is 9.78. The van der Waals surface area contributed by atoms with Crippen LogP contribution in [0.15, 0.2) is 103 Å². The van der Waals surface area contributed by atoms with E-state index >= 15 is 0 Å². The number of halogens is 1. The maximum atomic E-state index is 13.9. The number of aromatic nitrogens is 1. The molecule has 1 saturated heterocycles. The van der Waals surface area contributed by atoms with E-state index in [0.717, 1.165) is 54.9 Å². The minimum atomic E-state index is -0.409. The number of pyridine rings is 1. The molecule has 0 aliphatic carbocycles. The first kappa shape index (κ1) is 24.9. The van der Waals surface area contributed by atoms with E-state index < -0.39 is 18.3 Å². The molecule has 2 heterocycles. The summed E-state index contributed by atoms with van der Waals surface area (Å²) in [7, 11) is -0.409. The van der Waals surface area contributed by atoms with Crippen molar-refractivity contribution in [2.75, 3.05) is 0 Å². The molecule has 1 aliphatic rings. The van der Waals surface area contributed by atoms with Crippen molar-refractivity contribution in [1.29, 1.82) is 0 Å². The summed E-state index contributed by atoms with van der Waals surface area (Å²) in [5.41, 5.74) is 5.06. The summed E-state index contributed by atoms with van der Waals surface area (Å²) >= 11 is 0. The number of hydrogen-bond acceptors (Lipinski definition) is 3. The Balaban J connectivity index is 1.45. The van der Waals surface area contributed by atoms with Crippen LogP contribution in [0.2, 0.25) is 0 Å². The molecule has 196 valence electrons. The molecular weight excluding hydrogens is 496 g/mol. The standard InChI is InChI=1S/C35H29BFNO2/c1-34(2)35(3,4)40-36(39-34)24-17-13-22(14-18-24)29-21-30-32(27-10-6-5-9-26(27)29)28-11-7-8-12-31(28)38-33(30)23-15-19-25(37)20-16-23/h5-21H,1-4H3. The van der Waals surface area contributed by atoms with Crippen molar-refractivity contribution in [3.63, 3.8) is 0 Å². The van der Waals surface area contributed by atoms with Crippen LogP contribution in [-0.2, 0) is 9.31 Å². The second kappa shape index (κ2) is 8.98. The summed E-state index contributed by atoms with van der Waals surface area (Å²) < 4.78 is 26.4. The van der Waals surface area contributed by atoms with Gasteiger partial charge >= 0.3 is 7.12 Å². The van der Waals surface area contributed by atoms with Gasteiger partial charge in [-0.1, -0.05) is 66.7 Å². The molecule has 0 saturated carbocycles. The van der Waals surface area contributed by atoms with E-state index in [1.807, 2.05) is 12.1 Å². The van der Waals surface area contributed by atoms with Crippen molar-refractivity contribution in [2.45, 2.75) is 38.9 Å². The largest absolute Gasteiger partial charge is 0.494 e. The Morgan fingerprint density at radius 1 is 0.625 bits per heavy atom. The van der Waals surface area contributed by atoms with Crippen LogP contribution >= 0.6 is 0 Å². The van der Waals surface area contributed by atoms with Crippen molar-refractivity contribution < 1.29 is 13.7 Å². The number of nitrogens with zero attached hydrogens (tertiary/aromatic N) is 1. The van der Waals surface area contributed by atoms with Gasteiger partial charge in [-0.2, -0.15) is 0 Å². The first-order valence-electron chi connectivity index (χ1n) is 13.7. The zero-order valence-corrected chi connectivity index (χ0v) is 23.0. The quantitative estimate of drug-likeness (QED) is 0.172. The van der Waals surface area contributed by atoms with E-state index in [1.54, 1.807) is 12.1 Å². The lowest BCUT2D eigenvalue weighted by molar-refractivity contribution is 0.00578. The fraction of sp³-hybridized carbons (Fsp3) is 0.171. The lowest BCUT2D eigenvalue weighted by Crippen LogP contribution is -2.41. The van der Waals surface area contributed by atoms with Crippen LogP contribution in [0.4, 0.5) is 4.39 Å². The van der Waals surface area contributed by atoms with Gasteiger partial charge in [-0.15, -0.1) is 0 Å². The molecule has 0 atom stereocenters. The average Bonchev–Trinajstić information content (AvgIpc) is 3.18. The summed E-state index contributed by atoms with van der Waals surface area (Å²) in [5.74, 6) is -0.262. The molecule has 6 aromatic rings. The molecule has 40 heavy (non-hydrogen) atoms. The Morgan fingerprint density at radius 2 is 1.20 bits per heavy atom. The van der Waals surface area contributed by atoms with E-state index in [2.05, 4.69) is 94.4 Å². The third-order valence-corrected chi connectivity index (χ3v) is 8.57. The fourth-order valence-corrected chi connectivity index (χ4v) is 5.68. The molecule has 0 radical (unpaired) electrons. The van der Waals surface area contributed by atoms with Gasteiger partial charge in [-0.3, -0.25) is 0 Å². The number of rotatable bonds is 3. The number of fused-ring (bicyclic) bond motifs is 5. The highest BCUT2D eigenvalue weighted by Crippen LogP contribution is 2.42. The molecule has 7 rings (SSSR count). The number of benzene rings is 5. The molecule has 0 bridgehead atoms. The van der Waals surface area contributed by atoms with Gasteiger partial charge in [0.1, 0.15) is 5.82 Å². The molecule has 0 N–H and O–H groups in total. The van der Waals surface area contributed by atoms with Crippen molar-refractivity contribution in [1.82, 2.24) is 4.98 Å². The second-order valence-electron chi connectivity index (χ2n) is 11.6. The second-order valence-corrected chi connectivity index (χ2v) is 11.6. The summed E-state index contributed by atoms with van der Waals surface area (Å²) in [6.45, 7) is 8.27. The van der Waals surface area contributed by atoms with Crippen LogP contribution in [0.3, 0.4) is 0 Å². The maximum absolute atomic E-state index is 13.9. The van der Waals surface area contributed by atoms with Crippen LogP contribution in [0.1, 0.15) is 27.7 Å². The number of hydrogen-bond donors (Lipinski definition) is 0. The van der Waals surface area contributed by atoms with Crippen molar-refractivity contribution in [3.8, 4) is 22.4 Å². The Hall–Kier alpha value is -4.06. The third-order valence-electron chi connectivity index (χ3n) is 8.57. The van der Waals surface area contributed by atoms with Crippen molar-refractivity contribution in [2.24, 2.45) is 0 Å². The molecule has 5 heteroatoms. The Labute approximate surface area is 233 Å². The van der Waals surface area contributed by atoms with Crippen LogP contribution in [0.5, 0.6) is 0 Å². The first-order chi connectivity index (χ1) is 19.2. The summed E-state index contributed by atoms with van der Waals surface area (Å²) in [6.07, 6.45) is 0. The normalized spacial score (nSPS) is 16.3. The average molecular weight is 525 g/mol. The maximum Gasteiger partial charge on any atom is 0.494 e. The molecular formula is C35H29BFNO2. The summed E-state index contributed by atoms with van der Waals surface area (Å²) in [4.78, 5) is 5.08. The topological polar surface area (TPSA) is 31.4 Å². The molecule has 1 aromatic heterocycles. The van der Waals surface area contributed by atoms with E-state index in [1.165, 1.54) is 17.5 Å². The van der Waals surface area contributed by atoms with E-state index in [-0.39, 0.29) is 5.82 Å². The highest BCUT2D eigenvalue weighted by atomic mass is 19.1. The first-order valence-corrected chi connectivity index (χ1v) is 13.7. The van der Waals surface area contributed by atoms with Gasteiger partial charge in [0.25, 0.3) is 0 Å². The Kier molecular flexibility index (Phi) is 5.60. The smallest absolute Gasteiger partial charge is 0.399 e. The molecule has 1 aliphatic heterocycles. The monoisotopic (exact) mass is 525 g/mol. The van der Waals surface area contributed by atoms with Gasteiger partial charge in [-0.05, 0) is 91.5 Å². The summed E-state index contributed by atoms with van der Waals surface area (Å²) in [5, 5.41) is 5.61. The summed E-state index contributed by atoms with van der Waals surface area (Å²) in [6, 6.07) is 34.1.